The molecule has 0 aliphatic rings. The molecule has 0 aliphatic carbocycles. The van der Waals surface area contributed by atoms with Gasteiger partial charge in [0.2, 0.25) is 0 Å². The predicted octanol–water partition coefficient (Wildman–Crippen LogP) is 5.65. The van der Waals surface area contributed by atoms with Crippen molar-refractivity contribution in [3.05, 3.63) is 89.2 Å². The van der Waals surface area contributed by atoms with E-state index >= 15 is 0 Å². The van der Waals surface area contributed by atoms with Crippen LogP contribution in [0, 0.1) is 19.7 Å². The van der Waals surface area contributed by atoms with Crippen molar-refractivity contribution in [2.24, 2.45) is 0 Å². The number of aryl methyl sites for hydroxylation is 1. The fraction of sp³-hybridized carbons (Fsp3) is 0.240. The second-order valence-corrected chi connectivity index (χ2v) is 9.58. The number of nitrogens with one attached hydrogen (secondary N) is 1. The Morgan fingerprint density at radius 1 is 1.03 bits per heavy atom. The number of carbonyl (C=O) groups is 1. The molecule has 0 saturated carbocycles. The van der Waals surface area contributed by atoms with E-state index in [0.29, 0.717) is 5.56 Å². The third-order valence-corrected chi connectivity index (χ3v) is 6.55. The monoisotopic (exact) mass is 470 g/mol. The van der Waals surface area contributed by atoms with Gasteiger partial charge in [0.15, 0.2) is 0 Å². The van der Waals surface area contributed by atoms with Gasteiger partial charge in [0.25, 0.3) is 0 Å². The molecule has 3 aromatic rings. The number of hydrogen-bond donors (Lipinski definition) is 1. The molecule has 0 atom stereocenters. The van der Waals surface area contributed by atoms with Gasteiger partial charge in [-0.2, -0.15) is 8.42 Å². The Morgan fingerprint density at radius 3 is 2.36 bits per heavy atom. The van der Waals surface area contributed by atoms with E-state index in [1.165, 1.54) is 6.07 Å². The highest BCUT2D eigenvalue weighted by atomic mass is 32.2. The van der Waals surface area contributed by atoms with Crippen molar-refractivity contribution in [3.8, 4) is 5.75 Å². The molecule has 0 fully saturated rings. The maximum atomic E-state index is 13.1. The summed E-state index contributed by atoms with van der Waals surface area (Å²) in [5.41, 5.74) is 3.52. The number of carbonyl (C=O) groups excluding carboxylic acids is 1. The molecular formula is C25H27FN2O4S. The summed E-state index contributed by atoms with van der Waals surface area (Å²) in [7, 11) is -4.12. The number of nitrogens with zero attached hydrogens (tertiary/aromatic N) is 1. The van der Waals surface area contributed by atoms with Crippen molar-refractivity contribution in [2.75, 3.05) is 5.32 Å². The van der Waals surface area contributed by atoms with Gasteiger partial charge in [0.05, 0.1) is 0 Å². The predicted molar refractivity (Wildman–Crippen MR) is 126 cm³/mol. The molecule has 3 aromatic carbocycles. The van der Waals surface area contributed by atoms with Crippen molar-refractivity contribution >= 4 is 21.8 Å². The zero-order valence-electron chi connectivity index (χ0n) is 19.0. The van der Waals surface area contributed by atoms with Gasteiger partial charge in [-0.25, -0.2) is 9.18 Å². The van der Waals surface area contributed by atoms with Crippen LogP contribution in [0.2, 0.25) is 0 Å². The first-order chi connectivity index (χ1) is 15.6. The number of hydrogen-bond acceptors (Lipinski definition) is 4. The Hall–Kier alpha value is -3.39. The van der Waals surface area contributed by atoms with Crippen LogP contribution in [0.4, 0.5) is 14.9 Å². The minimum atomic E-state index is -4.12. The van der Waals surface area contributed by atoms with Gasteiger partial charge < -0.3 is 14.4 Å². The molecule has 0 aliphatic heterocycles. The molecule has 0 aromatic heterocycles. The summed E-state index contributed by atoms with van der Waals surface area (Å²) in [5, 5.41) is 2.96. The molecular weight excluding hydrogens is 443 g/mol. The Labute approximate surface area is 194 Å². The normalized spacial score (nSPS) is 11.3. The van der Waals surface area contributed by atoms with Gasteiger partial charge in [-0.05, 0) is 86.8 Å². The van der Waals surface area contributed by atoms with Crippen LogP contribution < -0.4 is 9.50 Å². The maximum absolute atomic E-state index is 13.1. The minimum Gasteiger partial charge on any atom is -0.379 e. The van der Waals surface area contributed by atoms with Crippen molar-refractivity contribution in [2.45, 2.75) is 45.2 Å². The molecule has 0 bridgehead atoms. The summed E-state index contributed by atoms with van der Waals surface area (Å²) in [5.74, 6) is -0.431. The Bertz CT molecular complexity index is 1240. The number of benzene rings is 3. The van der Waals surface area contributed by atoms with E-state index in [-0.39, 0.29) is 29.3 Å². The first-order valence-corrected chi connectivity index (χ1v) is 11.9. The molecule has 0 heterocycles. The Kier molecular flexibility index (Phi) is 7.38. The van der Waals surface area contributed by atoms with E-state index in [1.807, 2.05) is 45.9 Å². The Balaban J connectivity index is 1.77. The number of amides is 2. The van der Waals surface area contributed by atoms with E-state index in [1.54, 1.807) is 23.1 Å². The quantitative estimate of drug-likeness (QED) is 0.453. The summed E-state index contributed by atoms with van der Waals surface area (Å²) in [4.78, 5) is 14.5. The van der Waals surface area contributed by atoms with Gasteiger partial charge in [-0.1, -0.05) is 24.3 Å². The minimum absolute atomic E-state index is 0.107. The van der Waals surface area contributed by atoms with E-state index in [9.17, 15) is 17.6 Å². The lowest BCUT2D eigenvalue weighted by Gasteiger charge is -2.27. The molecule has 3 rings (SSSR count). The van der Waals surface area contributed by atoms with Gasteiger partial charge >= 0.3 is 16.1 Å². The highest BCUT2D eigenvalue weighted by Gasteiger charge is 2.20. The zero-order valence-corrected chi connectivity index (χ0v) is 19.8. The van der Waals surface area contributed by atoms with Gasteiger partial charge in [0.1, 0.15) is 16.5 Å². The SMILES string of the molecule is Cc1cccc(NC(=O)N(Cc2cccc(OS(=O)(=O)c3ccc(F)cc3)c2)C(C)C)c1C. The summed E-state index contributed by atoms with van der Waals surface area (Å²) >= 11 is 0. The van der Waals surface area contributed by atoms with Gasteiger partial charge in [0, 0.05) is 18.3 Å². The first kappa shape index (κ1) is 24.3. The fourth-order valence-corrected chi connectivity index (χ4v) is 4.15. The third kappa shape index (κ3) is 6.10. The van der Waals surface area contributed by atoms with Crippen LogP contribution in [0.3, 0.4) is 0 Å². The third-order valence-electron chi connectivity index (χ3n) is 5.29. The van der Waals surface area contributed by atoms with E-state index in [2.05, 4.69) is 5.32 Å². The molecule has 0 spiro atoms. The number of anilines is 1. The summed E-state index contributed by atoms with van der Waals surface area (Å²) in [6.07, 6.45) is 0. The summed E-state index contributed by atoms with van der Waals surface area (Å²) in [6.45, 7) is 8.00. The van der Waals surface area contributed by atoms with E-state index in [0.717, 1.165) is 41.1 Å². The average Bonchev–Trinajstić information content (AvgIpc) is 2.75. The topological polar surface area (TPSA) is 75.7 Å². The lowest BCUT2D eigenvalue weighted by atomic mass is 10.1. The molecule has 33 heavy (non-hydrogen) atoms. The van der Waals surface area contributed by atoms with Crippen LogP contribution in [0.25, 0.3) is 0 Å². The fourth-order valence-electron chi connectivity index (χ4n) is 3.23. The van der Waals surface area contributed by atoms with Crippen LogP contribution >= 0.6 is 0 Å². The highest BCUT2D eigenvalue weighted by Crippen LogP contribution is 2.23. The van der Waals surface area contributed by atoms with Crippen molar-refractivity contribution in [1.82, 2.24) is 4.90 Å². The largest absolute Gasteiger partial charge is 0.379 e. The molecule has 0 radical (unpaired) electrons. The lowest BCUT2D eigenvalue weighted by molar-refractivity contribution is 0.193. The van der Waals surface area contributed by atoms with Crippen LogP contribution in [0.5, 0.6) is 5.75 Å². The van der Waals surface area contributed by atoms with Crippen molar-refractivity contribution in [3.63, 3.8) is 0 Å². The zero-order chi connectivity index (χ0) is 24.2. The average molecular weight is 471 g/mol. The highest BCUT2D eigenvalue weighted by molar-refractivity contribution is 7.87. The van der Waals surface area contributed by atoms with Crippen LogP contribution in [-0.4, -0.2) is 25.4 Å². The second-order valence-electron chi connectivity index (χ2n) is 8.04. The summed E-state index contributed by atoms with van der Waals surface area (Å²) in [6, 6.07) is 16.3. The number of rotatable bonds is 7. The van der Waals surface area contributed by atoms with E-state index < -0.39 is 15.9 Å². The van der Waals surface area contributed by atoms with Crippen LogP contribution in [0.15, 0.2) is 71.6 Å². The van der Waals surface area contributed by atoms with Gasteiger partial charge in [-0.15, -0.1) is 0 Å². The smallest absolute Gasteiger partial charge is 0.339 e. The van der Waals surface area contributed by atoms with E-state index in [4.69, 9.17) is 4.18 Å². The molecule has 8 heteroatoms. The van der Waals surface area contributed by atoms with Crippen LogP contribution in [-0.2, 0) is 16.7 Å². The Morgan fingerprint density at radius 2 is 1.70 bits per heavy atom. The molecule has 1 N–H and O–H groups in total. The van der Waals surface area contributed by atoms with Crippen molar-refractivity contribution < 1.29 is 21.8 Å². The maximum Gasteiger partial charge on any atom is 0.339 e. The molecule has 6 nitrogen and oxygen atoms in total. The number of urea groups is 1. The van der Waals surface area contributed by atoms with Crippen LogP contribution in [0.1, 0.15) is 30.5 Å². The second kappa shape index (κ2) is 10.0. The molecule has 174 valence electrons. The molecule has 0 unspecified atom stereocenters. The standard InChI is InChI=1S/C25H27FN2O4S/c1-17(2)28(25(29)27-24-10-5-7-18(3)19(24)4)16-20-8-6-9-22(15-20)32-33(30,31)23-13-11-21(26)12-14-23/h5-15,17H,16H2,1-4H3,(H,27,29). The van der Waals surface area contributed by atoms with Gasteiger partial charge in [-0.3, -0.25) is 0 Å². The lowest BCUT2D eigenvalue weighted by Crippen LogP contribution is -2.39. The first-order valence-electron chi connectivity index (χ1n) is 10.5. The summed E-state index contributed by atoms with van der Waals surface area (Å²) < 4.78 is 43.4. The number of halogens is 1. The van der Waals surface area contributed by atoms with Crippen molar-refractivity contribution in [1.29, 1.82) is 0 Å². The molecule has 2 amide bonds. The molecule has 0 saturated heterocycles.